The highest BCUT2D eigenvalue weighted by molar-refractivity contribution is 7.91. The fourth-order valence-corrected chi connectivity index (χ4v) is 8.19. The molecule has 3 aliphatic rings. The van der Waals surface area contributed by atoms with E-state index in [-0.39, 0.29) is 70.0 Å². The minimum Gasteiger partial charge on any atom is -0.507 e. The fourth-order valence-electron chi connectivity index (χ4n) is 6.43. The Hall–Kier alpha value is -3.51. The summed E-state index contributed by atoms with van der Waals surface area (Å²) in [4.78, 5) is 43.2. The number of phenolic OH excluding ortho intramolecular Hbond substituents is 1. The first-order valence-corrected chi connectivity index (χ1v) is 17.3. The highest BCUT2D eigenvalue weighted by Gasteiger charge is 2.36. The molecule has 3 amide bonds. The Labute approximate surface area is 257 Å². The number of hydrogen-bond donors (Lipinski definition) is 3. The van der Waals surface area contributed by atoms with E-state index in [1.54, 1.807) is 17.0 Å². The number of likely N-dealkylation sites (tertiary alicyclic amines) is 1. The van der Waals surface area contributed by atoms with E-state index >= 15 is 0 Å². The van der Waals surface area contributed by atoms with Crippen LogP contribution in [0.2, 0.25) is 0 Å². The van der Waals surface area contributed by atoms with Crippen molar-refractivity contribution in [3.05, 3.63) is 53.3 Å². The van der Waals surface area contributed by atoms with Crippen LogP contribution in [0.25, 0.3) is 11.1 Å². The van der Waals surface area contributed by atoms with Crippen molar-refractivity contribution in [1.29, 1.82) is 0 Å². The molecule has 3 aliphatic heterocycles. The van der Waals surface area contributed by atoms with Crippen LogP contribution in [0, 0.1) is 11.7 Å². The highest BCUT2D eigenvalue weighted by atomic mass is 32.2. The molecule has 12 heteroatoms. The summed E-state index contributed by atoms with van der Waals surface area (Å²) in [6.45, 7) is 2.86. The average molecular weight is 629 g/mol. The van der Waals surface area contributed by atoms with Crippen molar-refractivity contribution in [2.24, 2.45) is 5.92 Å². The molecule has 2 aromatic rings. The number of benzene rings is 2. The molecule has 2 aromatic carbocycles. The summed E-state index contributed by atoms with van der Waals surface area (Å²) in [5.74, 6) is -0.897. The molecule has 2 saturated heterocycles. The lowest BCUT2D eigenvalue weighted by Crippen LogP contribution is -2.47. The third-order valence-corrected chi connectivity index (χ3v) is 10.7. The fraction of sp³-hybridized carbons (Fsp3) is 0.531. The van der Waals surface area contributed by atoms with Gasteiger partial charge in [0.1, 0.15) is 11.6 Å². The van der Waals surface area contributed by atoms with Gasteiger partial charge in [-0.15, -0.1) is 0 Å². The van der Waals surface area contributed by atoms with E-state index in [1.165, 1.54) is 24.3 Å². The van der Waals surface area contributed by atoms with Crippen molar-refractivity contribution in [3.8, 4) is 16.9 Å². The molecule has 1 atom stereocenters. The molecule has 0 radical (unpaired) electrons. The van der Waals surface area contributed by atoms with Gasteiger partial charge in [-0.25, -0.2) is 12.8 Å². The Morgan fingerprint density at radius 3 is 2.41 bits per heavy atom. The minimum absolute atomic E-state index is 0.0311. The van der Waals surface area contributed by atoms with Gasteiger partial charge in [0, 0.05) is 61.2 Å². The van der Waals surface area contributed by atoms with Crippen molar-refractivity contribution in [1.82, 2.24) is 20.4 Å². The van der Waals surface area contributed by atoms with Gasteiger partial charge in [0.05, 0.1) is 11.5 Å². The molecule has 10 nitrogen and oxygen atoms in total. The Kier molecular flexibility index (Phi) is 10.2. The number of aromatic hydroxyl groups is 1. The van der Waals surface area contributed by atoms with Gasteiger partial charge >= 0.3 is 0 Å². The molecule has 0 saturated carbocycles. The van der Waals surface area contributed by atoms with E-state index in [4.69, 9.17) is 0 Å². The molecule has 1 unspecified atom stereocenters. The molecule has 0 aliphatic carbocycles. The van der Waals surface area contributed by atoms with Gasteiger partial charge in [0.15, 0.2) is 9.84 Å². The van der Waals surface area contributed by atoms with Crippen LogP contribution in [0.3, 0.4) is 0 Å². The van der Waals surface area contributed by atoms with Crippen molar-refractivity contribution < 1.29 is 32.3 Å². The number of sulfone groups is 1. The third-order valence-electron chi connectivity index (χ3n) is 8.95. The van der Waals surface area contributed by atoms with Crippen LogP contribution < -0.4 is 10.6 Å². The number of amides is 3. The Morgan fingerprint density at radius 2 is 1.66 bits per heavy atom. The predicted octanol–water partition coefficient (Wildman–Crippen LogP) is 2.50. The van der Waals surface area contributed by atoms with Crippen LogP contribution in [0.15, 0.2) is 36.4 Å². The van der Waals surface area contributed by atoms with Crippen LogP contribution in [-0.4, -0.2) is 97.9 Å². The second-order valence-corrected chi connectivity index (χ2v) is 14.3. The van der Waals surface area contributed by atoms with Gasteiger partial charge in [0.25, 0.3) is 5.91 Å². The predicted molar refractivity (Wildman–Crippen MR) is 164 cm³/mol. The number of nitrogens with zero attached hydrogens (tertiary/aromatic N) is 2. The zero-order valence-electron chi connectivity index (χ0n) is 24.9. The first kappa shape index (κ1) is 31.9. The van der Waals surface area contributed by atoms with Crippen molar-refractivity contribution >= 4 is 27.6 Å². The zero-order valence-corrected chi connectivity index (χ0v) is 25.7. The molecular weight excluding hydrogens is 587 g/mol. The molecule has 0 spiro atoms. The number of rotatable bonds is 2. The molecule has 5 rings (SSSR count). The number of fused-ring (bicyclic) bond motifs is 5. The average Bonchev–Trinajstić information content (AvgIpc) is 3.38. The Balaban J connectivity index is 1.25. The number of hydrogen-bond acceptors (Lipinski definition) is 7. The number of carbonyl (C=O) groups is 3. The molecule has 238 valence electrons. The van der Waals surface area contributed by atoms with Crippen LogP contribution in [-0.2, 0) is 25.8 Å². The summed E-state index contributed by atoms with van der Waals surface area (Å²) in [6, 6.07) is 8.92. The monoisotopic (exact) mass is 628 g/mol. The van der Waals surface area contributed by atoms with Gasteiger partial charge < -0.3 is 20.6 Å². The van der Waals surface area contributed by atoms with Crippen LogP contribution in [0.1, 0.15) is 54.4 Å². The highest BCUT2D eigenvalue weighted by Crippen LogP contribution is 2.33. The van der Waals surface area contributed by atoms with E-state index in [1.807, 2.05) is 0 Å². The number of piperidine rings is 1. The van der Waals surface area contributed by atoms with Crippen LogP contribution in [0.5, 0.6) is 5.75 Å². The molecular formula is C32H41FN4O6S. The molecule has 4 bridgehead atoms. The van der Waals surface area contributed by atoms with Gasteiger partial charge in [-0.2, -0.15) is 0 Å². The van der Waals surface area contributed by atoms with Gasteiger partial charge in [0.2, 0.25) is 11.8 Å². The van der Waals surface area contributed by atoms with Gasteiger partial charge in [-0.05, 0) is 87.5 Å². The Bertz CT molecular complexity index is 1490. The van der Waals surface area contributed by atoms with Crippen LogP contribution in [0.4, 0.5) is 4.39 Å². The first-order valence-electron chi connectivity index (χ1n) is 15.5. The summed E-state index contributed by atoms with van der Waals surface area (Å²) in [7, 11) is -2.97. The minimum atomic E-state index is -2.97. The standard InChI is InChI=1S/C32H41FN4O6S/c33-28-6-5-24-20-26(28)27-19-22(4-7-29(27)38)8-13-34-30(39)3-1-14-37(15-2-12-35-31(24)40)32(41)23-9-16-36(17-10-23)25-11-18-44(42,43)21-25/h4-7,19-20,23,25,38H,1-3,8-18,21H2,(H,34,39)(H,35,40). The Morgan fingerprint density at radius 1 is 0.886 bits per heavy atom. The normalized spacial score (nSPS) is 22.8. The third kappa shape index (κ3) is 7.95. The summed E-state index contributed by atoms with van der Waals surface area (Å²) in [5, 5.41) is 16.2. The van der Waals surface area contributed by atoms with E-state index in [0.717, 1.165) is 5.56 Å². The lowest BCUT2D eigenvalue weighted by atomic mass is 9.94. The second-order valence-electron chi connectivity index (χ2n) is 12.1. The zero-order chi connectivity index (χ0) is 31.3. The molecule has 3 N–H and O–H groups in total. The first-order chi connectivity index (χ1) is 21.1. The molecule has 3 heterocycles. The van der Waals surface area contributed by atoms with Crippen molar-refractivity contribution in [2.45, 2.75) is 51.0 Å². The maximum Gasteiger partial charge on any atom is 0.251 e. The topological polar surface area (TPSA) is 136 Å². The molecule has 0 aromatic heterocycles. The van der Waals surface area contributed by atoms with Gasteiger partial charge in [-0.1, -0.05) is 6.07 Å². The second kappa shape index (κ2) is 14.1. The van der Waals surface area contributed by atoms with E-state index in [2.05, 4.69) is 15.5 Å². The lowest BCUT2D eigenvalue weighted by Gasteiger charge is -2.37. The van der Waals surface area contributed by atoms with Crippen LogP contribution >= 0.6 is 0 Å². The smallest absolute Gasteiger partial charge is 0.251 e. The summed E-state index contributed by atoms with van der Waals surface area (Å²) in [6.07, 6.45) is 3.69. The molecule has 2 fully saturated rings. The van der Waals surface area contributed by atoms with E-state index in [0.29, 0.717) is 77.8 Å². The van der Waals surface area contributed by atoms with Crippen molar-refractivity contribution in [2.75, 3.05) is 50.8 Å². The molecule has 44 heavy (non-hydrogen) atoms. The number of halogens is 1. The lowest BCUT2D eigenvalue weighted by molar-refractivity contribution is -0.137. The largest absolute Gasteiger partial charge is 0.507 e. The van der Waals surface area contributed by atoms with Gasteiger partial charge in [-0.3, -0.25) is 19.3 Å². The number of carbonyl (C=O) groups excluding carboxylic acids is 3. The summed E-state index contributed by atoms with van der Waals surface area (Å²) >= 11 is 0. The SMILES string of the molecule is O=C1CCCN(C(=O)C2CCN(C3CCS(=O)(=O)C3)CC2)CCCNC(=O)c2ccc(F)c(c2)-c2cc(ccc2O)CCN1. The number of nitrogens with one attached hydrogen (secondary N) is 2. The van der Waals surface area contributed by atoms with E-state index < -0.39 is 15.7 Å². The van der Waals surface area contributed by atoms with E-state index in [9.17, 15) is 32.3 Å². The van der Waals surface area contributed by atoms with Crippen molar-refractivity contribution in [3.63, 3.8) is 0 Å². The quantitative estimate of drug-likeness (QED) is 0.465. The summed E-state index contributed by atoms with van der Waals surface area (Å²) in [5.41, 5.74) is 1.43. The maximum atomic E-state index is 14.8. The summed E-state index contributed by atoms with van der Waals surface area (Å²) < 4.78 is 38.7. The maximum absolute atomic E-state index is 14.8. The number of phenols is 1.